The lowest BCUT2D eigenvalue weighted by atomic mass is 10.1. The lowest BCUT2D eigenvalue weighted by Gasteiger charge is -2.38. The molecule has 1 N–H and O–H groups in total. The second kappa shape index (κ2) is 10.7. The summed E-state index contributed by atoms with van der Waals surface area (Å²) in [7, 11) is -6.67. The van der Waals surface area contributed by atoms with E-state index in [2.05, 4.69) is 16.1 Å². The van der Waals surface area contributed by atoms with E-state index in [1.807, 2.05) is 0 Å². The van der Waals surface area contributed by atoms with E-state index in [0.717, 1.165) is 0 Å². The predicted octanol–water partition coefficient (Wildman–Crippen LogP) is 3.83. The average molecular weight is 571 g/mol. The Balaban J connectivity index is 3.29. The number of carbonyl (C=O) groups is 2. The van der Waals surface area contributed by atoms with Crippen molar-refractivity contribution in [1.82, 2.24) is 4.90 Å². The zero-order chi connectivity index (χ0) is 28.4. The van der Waals surface area contributed by atoms with Gasteiger partial charge in [-0.05, 0) is 25.7 Å². The smallest absolute Gasteiger partial charge is 0.412 e. The van der Waals surface area contributed by atoms with Gasteiger partial charge in [0, 0.05) is 19.5 Å². The molecule has 1 heterocycles. The van der Waals surface area contributed by atoms with Crippen molar-refractivity contribution in [1.29, 1.82) is 0 Å². The number of hydrogen-bond donors (Lipinski definition) is 1. The Kier molecular flexibility index (Phi) is 9.46. The number of hydrogen-bond acceptors (Lipinski definition) is 6. The van der Waals surface area contributed by atoms with Gasteiger partial charge in [-0.25, -0.2) is 4.79 Å². The molecule has 0 radical (unpaired) electrons. The molecule has 0 aromatic rings. The third-order valence-electron chi connectivity index (χ3n) is 4.81. The van der Waals surface area contributed by atoms with Gasteiger partial charge in [0.1, 0.15) is 5.57 Å². The Hall–Kier alpha value is -2.15. The Labute approximate surface area is 196 Å². The summed E-state index contributed by atoms with van der Waals surface area (Å²) in [6.45, 7) is -0.287. The van der Waals surface area contributed by atoms with Crippen molar-refractivity contribution in [3.05, 3.63) is 12.2 Å². The Morgan fingerprint density at radius 2 is 1.42 bits per heavy atom. The summed E-state index contributed by atoms with van der Waals surface area (Å²) in [6.07, 6.45) is -14.8. The van der Waals surface area contributed by atoms with Crippen molar-refractivity contribution >= 4 is 22.0 Å². The first kappa shape index (κ1) is 31.9. The average Bonchev–Trinajstić information content (AvgIpc) is 2.72. The van der Waals surface area contributed by atoms with E-state index in [9.17, 15) is 61.9 Å². The number of amides is 1. The fraction of sp³-hybridized carbons (Fsp3) is 0.765. The molecule has 0 aliphatic carbocycles. The van der Waals surface area contributed by atoms with E-state index in [-0.39, 0.29) is 25.9 Å². The molecule has 0 aromatic heterocycles. The van der Waals surface area contributed by atoms with E-state index in [4.69, 9.17) is 4.55 Å². The van der Waals surface area contributed by atoms with Gasteiger partial charge in [0.15, 0.2) is 0 Å². The number of esters is 1. The van der Waals surface area contributed by atoms with Crippen molar-refractivity contribution in [2.45, 2.75) is 61.4 Å². The minimum absolute atomic E-state index is 0.139. The molecule has 0 saturated carbocycles. The third-order valence-corrected chi connectivity index (χ3v) is 5.76. The second-order valence-corrected chi connectivity index (χ2v) is 8.94. The van der Waals surface area contributed by atoms with Crippen LogP contribution in [0.5, 0.6) is 0 Å². The number of alkyl halides is 10. The highest BCUT2D eigenvalue weighted by Gasteiger charge is 2.68. The van der Waals surface area contributed by atoms with Crippen molar-refractivity contribution in [2.75, 3.05) is 19.7 Å². The van der Waals surface area contributed by atoms with Crippen LogP contribution in [0.2, 0.25) is 0 Å². The van der Waals surface area contributed by atoms with E-state index in [1.54, 1.807) is 0 Å². The summed E-state index contributed by atoms with van der Waals surface area (Å²) in [6, 6.07) is 0. The Morgan fingerprint density at radius 3 is 1.83 bits per heavy atom. The maximum absolute atomic E-state index is 14.0. The predicted molar refractivity (Wildman–Crippen MR) is 97.1 cm³/mol. The van der Waals surface area contributed by atoms with E-state index in [0.29, 0.717) is 11.3 Å². The lowest BCUT2D eigenvalue weighted by molar-refractivity contribution is -0.351. The van der Waals surface area contributed by atoms with Crippen molar-refractivity contribution in [3.8, 4) is 0 Å². The SMILES string of the molecule is C=C(C(=O)OC(OCCCC(F)(F)C(F)(F)S(=O)(=O)O)(C(=O)N1CCCCC1)C(F)(F)F)C(F)(F)F. The molecular formula is C17H19F10NO7S. The first-order valence-corrected chi connectivity index (χ1v) is 11.2. The molecule has 1 aliphatic rings. The fourth-order valence-electron chi connectivity index (χ4n) is 2.85. The van der Waals surface area contributed by atoms with Crippen LogP contribution in [0.4, 0.5) is 43.9 Å². The van der Waals surface area contributed by atoms with Gasteiger partial charge in [-0.3, -0.25) is 9.35 Å². The third kappa shape index (κ3) is 6.78. The zero-order valence-electron chi connectivity index (χ0n) is 17.9. The molecule has 1 unspecified atom stereocenters. The monoisotopic (exact) mass is 571 g/mol. The number of ether oxygens (including phenoxy) is 2. The number of rotatable bonds is 10. The van der Waals surface area contributed by atoms with Crippen LogP contribution in [-0.4, -0.2) is 78.8 Å². The van der Waals surface area contributed by atoms with Gasteiger partial charge in [-0.15, -0.1) is 0 Å². The fourth-order valence-corrected chi connectivity index (χ4v) is 3.33. The number of piperidine rings is 1. The van der Waals surface area contributed by atoms with Gasteiger partial charge in [0.05, 0.1) is 6.61 Å². The molecule has 1 rings (SSSR count). The van der Waals surface area contributed by atoms with Gasteiger partial charge >= 0.3 is 51.3 Å². The highest BCUT2D eigenvalue weighted by Crippen LogP contribution is 2.43. The second-order valence-electron chi connectivity index (χ2n) is 7.48. The van der Waals surface area contributed by atoms with Crippen molar-refractivity contribution in [3.63, 3.8) is 0 Å². The first-order valence-electron chi connectivity index (χ1n) is 9.73. The molecule has 19 heteroatoms. The normalized spacial score (nSPS) is 17.9. The molecule has 36 heavy (non-hydrogen) atoms. The molecule has 1 fully saturated rings. The van der Waals surface area contributed by atoms with Crippen LogP contribution in [-0.2, 0) is 29.2 Å². The van der Waals surface area contributed by atoms with Crippen LogP contribution in [0.3, 0.4) is 0 Å². The van der Waals surface area contributed by atoms with Crippen molar-refractivity contribution < 1.29 is 75.9 Å². The highest BCUT2D eigenvalue weighted by molar-refractivity contribution is 7.87. The summed E-state index contributed by atoms with van der Waals surface area (Å²) < 4.78 is 171. The summed E-state index contributed by atoms with van der Waals surface area (Å²) in [5, 5.41) is -6.07. The van der Waals surface area contributed by atoms with Crippen molar-refractivity contribution in [2.24, 2.45) is 0 Å². The molecule has 1 saturated heterocycles. The molecule has 8 nitrogen and oxygen atoms in total. The summed E-state index contributed by atoms with van der Waals surface area (Å²) >= 11 is 0. The standard InChI is InChI=1S/C17H19F10NO7S/c1-10(15(20,21)22)11(29)35-14(16(23,24)25,12(30)28-7-3-2-4-8-28)34-9-5-6-13(18,19)17(26,27)36(31,32)33/h1-9H2,(H,31,32,33). The van der Waals surface area contributed by atoms with Crippen LogP contribution in [0.25, 0.3) is 0 Å². The van der Waals surface area contributed by atoms with Gasteiger partial charge in [-0.2, -0.15) is 52.3 Å². The van der Waals surface area contributed by atoms with E-state index >= 15 is 0 Å². The molecule has 0 spiro atoms. The van der Waals surface area contributed by atoms with E-state index < -0.39 is 76.3 Å². The Bertz CT molecular complexity index is 942. The number of carbonyl (C=O) groups excluding carboxylic acids is 2. The number of likely N-dealkylation sites (tertiary alicyclic amines) is 1. The van der Waals surface area contributed by atoms with Gasteiger partial charge in [-0.1, -0.05) is 6.58 Å². The number of nitrogens with zero attached hydrogens (tertiary/aromatic N) is 1. The van der Waals surface area contributed by atoms with Gasteiger partial charge < -0.3 is 14.4 Å². The van der Waals surface area contributed by atoms with Gasteiger partial charge in [0.2, 0.25) is 0 Å². The molecule has 1 amide bonds. The topological polar surface area (TPSA) is 110 Å². The van der Waals surface area contributed by atoms with Crippen LogP contribution < -0.4 is 0 Å². The molecular weight excluding hydrogens is 552 g/mol. The summed E-state index contributed by atoms with van der Waals surface area (Å²) in [4.78, 5) is 24.9. The molecule has 0 bridgehead atoms. The molecule has 1 aliphatic heterocycles. The molecule has 0 aromatic carbocycles. The maximum Gasteiger partial charge on any atom is 0.466 e. The minimum atomic E-state index is -6.67. The van der Waals surface area contributed by atoms with Crippen LogP contribution >= 0.6 is 0 Å². The first-order chi connectivity index (χ1) is 16.0. The van der Waals surface area contributed by atoms with E-state index in [1.165, 1.54) is 0 Å². The highest BCUT2D eigenvalue weighted by atomic mass is 32.2. The summed E-state index contributed by atoms with van der Waals surface area (Å²) in [5.74, 6) is -15.4. The largest absolute Gasteiger partial charge is 0.466 e. The quantitative estimate of drug-likeness (QED) is 0.106. The Morgan fingerprint density at radius 1 is 0.917 bits per heavy atom. The molecule has 210 valence electrons. The van der Waals surface area contributed by atoms with Crippen LogP contribution in [0.1, 0.15) is 32.1 Å². The maximum atomic E-state index is 14.0. The molecule has 1 atom stereocenters. The summed E-state index contributed by atoms with van der Waals surface area (Å²) in [5.41, 5.74) is -2.48. The van der Waals surface area contributed by atoms with Gasteiger partial charge in [0.25, 0.3) is 0 Å². The zero-order valence-corrected chi connectivity index (χ0v) is 18.7. The van der Waals surface area contributed by atoms with Crippen LogP contribution in [0.15, 0.2) is 12.2 Å². The minimum Gasteiger partial charge on any atom is -0.412 e. The van der Waals surface area contributed by atoms with Crippen LogP contribution in [0, 0.1) is 0 Å². The number of halogens is 10. The lowest BCUT2D eigenvalue weighted by Crippen LogP contribution is -2.63.